The van der Waals surface area contributed by atoms with Crippen LogP contribution in [-0.4, -0.2) is 17.5 Å². The van der Waals surface area contributed by atoms with E-state index in [1.165, 1.54) is 50.0 Å². The van der Waals surface area contributed by atoms with E-state index in [1.54, 1.807) is 0 Å². The molecule has 0 radical (unpaired) electrons. The molecule has 0 bridgehead atoms. The lowest BCUT2D eigenvalue weighted by molar-refractivity contribution is 0.397. The molecule has 0 saturated heterocycles. The Kier molecular flexibility index (Phi) is 6.74. The quantitative estimate of drug-likeness (QED) is 0.728. The normalized spacial score (nSPS) is 21.6. The zero-order valence-corrected chi connectivity index (χ0v) is 11.2. The van der Waals surface area contributed by atoms with Crippen LogP contribution in [0.25, 0.3) is 0 Å². The second-order valence-corrected chi connectivity index (χ2v) is 6.42. The first-order valence-electron chi connectivity index (χ1n) is 6.53. The molecule has 2 N–H and O–H groups in total. The highest BCUT2D eigenvalue weighted by Crippen LogP contribution is 2.26. The van der Waals surface area contributed by atoms with Crippen LogP contribution >= 0.6 is 11.8 Å². The highest BCUT2D eigenvalue weighted by Gasteiger charge is 2.19. The van der Waals surface area contributed by atoms with E-state index >= 15 is 0 Å². The van der Waals surface area contributed by atoms with Gasteiger partial charge < -0.3 is 5.73 Å². The molecular weight excluding hydrogens is 202 g/mol. The fourth-order valence-electron chi connectivity index (χ4n) is 2.32. The lowest BCUT2D eigenvalue weighted by Gasteiger charge is -2.22. The minimum absolute atomic E-state index is 0.451. The minimum Gasteiger partial charge on any atom is -0.327 e. The highest BCUT2D eigenvalue weighted by atomic mass is 32.2. The average Bonchev–Trinajstić information content (AvgIpc) is 2.44. The second kappa shape index (κ2) is 7.56. The summed E-state index contributed by atoms with van der Waals surface area (Å²) in [6, 6.07) is 0.451. The highest BCUT2D eigenvalue weighted by molar-refractivity contribution is 7.99. The summed E-state index contributed by atoms with van der Waals surface area (Å²) >= 11 is 2.04. The average molecular weight is 229 g/mol. The predicted molar refractivity (Wildman–Crippen MR) is 71.3 cm³/mol. The maximum Gasteiger partial charge on any atom is 0.0158 e. The Hall–Kier alpha value is 0.310. The number of rotatable bonds is 5. The first kappa shape index (κ1) is 13.4. The molecule has 1 fully saturated rings. The smallest absolute Gasteiger partial charge is 0.0158 e. The standard InChI is InChI=1S/C13H27NS/c1-11(2)9-15-10-13(14)12-7-5-3-4-6-8-12/h11-13H,3-10,14H2,1-2H3. The molecule has 0 aliphatic heterocycles. The van der Waals surface area contributed by atoms with Crippen molar-refractivity contribution in [1.29, 1.82) is 0 Å². The number of hydrogen-bond donors (Lipinski definition) is 1. The number of nitrogens with two attached hydrogens (primary N) is 1. The van der Waals surface area contributed by atoms with Crippen LogP contribution in [0.1, 0.15) is 52.4 Å². The van der Waals surface area contributed by atoms with Gasteiger partial charge in [-0.05, 0) is 30.4 Å². The van der Waals surface area contributed by atoms with Gasteiger partial charge in [-0.15, -0.1) is 0 Å². The van der Waals surface area contributed by atoms with Crippen molar-refractivity contribution in [2.75, 3.05) is 11.5 Å². The van der Waals surface area contributed by atoms with Crippen LogP contribution in [0, 0.1) is 11.8 Å². The summed E-state index contributed by atoms with van der Waals surface area (Å²) in [4.78, 5) is 0. The SMILES string of the molecule is CC(C)CSCC(N)C1CCCCCC1. The van der Waals surface area contributed by atoms with Gasteiger partial charge in [0.15, 0.2) is 0 Å². The van der Waals surface area contributed by atoms with Crippen LogP contribution in [0.5, 0.6) is 0 Å². The Bertz CT molecular complexity index is 151. The Morgan fingerprint density at radius 3 is 2.20 bits per heavy atom. The van der Waals surface area contributed by atoms with Crippen molar-refractivity contribution in [2.24, 2.45) is 17.6 Å². The monoisotopic (exact) mass is 229 g/mol. The van der Waals surface area contributed by atoms with Gasteiger partial charge in [0.25, 0.3) is 0 Å². The zero-order chi connectivity index (χ0) is 11.1. The fourth-order valence-corrected chi connectivity index (χ4v) is 3.47. The summed E-state index contributed by atoms with van der Waals surface area (Å²) in [7, 11) is 0. The van der Waals surface area contributed by atoms with Gasteiger partial charge in [0.1, 0.15) is 0 Å². The van der Waals surface area contributed by atoms with E-state index in [2.05, 4.69) is 13.8 Å². The Morgan fingerprint density at radius 1 is 1.07 bits per heavy atom. The molecule has 1 atom stereocenters. The molecule has 0 aromatic rings. The molecule has 15 heavy (non-hydrogen) atoms. The van der Waals surface area contributed by atoms with Crippen LogP contribution in [0.15, 0.2) is 0 Å². The molecule has 0 amide bonds. The zero-order valence-electron chi connectivity index (χ0n) is 10.4. The Labute approximate surface area is 99.6 Å². The first-order chi connectivity index (χ1) is 7.20. The van der Waals surface area contributed by atoms with Gasteiger partial charge in [-0.1, -0.05) is 39.5 Å². The summed E-state index contributed by atoms with van der Waals surface area (Å²) in [6.45, 7) is 4.56. The summed E-state index contributed by atoms with van der Waals surface area (Å²) in [5, 5.41) is 0. The molecular formula is C13H27NS. The molecule has 1 rings (SSSR count). The maximum atomic E-state index is 6.28. The summed E-state index contributed by atoms with van der Waals surface area (Å²) < 4.78 is 0. The van der Waals surface area contributed by atoms with Gasteiger partial charge in [-0.3, -0.25) is 0 Å². The van der Waals surface area contributed by atoms with E-state index in [0.717, 1.165) is 11.8 Å². The summed E-state index contributed by atoms with van der Waals surface area (Å²) in [6.07, 6.45) is 8.44. The molecule has 90 valence electrons. The van der Waals surface area contributed by atoms with Crippen molar-refractivity contribution < 1.29 is 0 Å². The van der Waals surface area contributed by atoms with Crippen LogP contribution < -0.4 is 5.73 Å². The van der Waals surface area contributed by atoms with Crippen molar-refractivity contribution in [3.63, 3.8) is 0 Å². The Balaban J connectivity index is 2.16. The third-order valence-electron chi connectivity index (χ3n) is 3.27. The lowest BCUT2D eigenvalue weighted by Crippen LogP contribution is -2.32. The van der Waals surface area contributed by atoms with E-state index in [-0.39, 0.29) is 0 Å². The minimum atomic E-state index is 0.451. The number of hydrogen-bond acceptors (Lipinski definition) is 2. The van der Waals surface area contributed by atoms with Crippen molar-refractivity contribution >= 4 is 11.8 Å². The number of thioether (sulfide) groups is 1. The molecule has 1 saturated carbocycles. The van der Waals surface area contributed by atoms with Crippen LogP contribution in [0.3, 0.4) is 0 Å². The lowest BCUT2D eigenvalue weighted by atomic mass is 9.94. The van der Waals surface area contributed by atoms with Gasteiger partial charge in [0.05, 0.1) is 0 Å². The van der Waals surface area contributed by atoms with Crippen LogP contribution in [0.2, 0.25) is 0 Å². The van der Waals surface area contributed by atoms with Crippen molar-refractivity contribution in [3.8, 4) is 0 Å². The largest absolute Gasteiger partial charge is 0.327 e. The molecule has 2 heteroatoms. The van der Waals surface area contributed by atoms with Crippen molar-refractivity contribution in [1.82, 2.24) is 0 Å². The Morgan fingerprint density at radius 2 is 1.67 bits per heavy atom. The second-order valence-electron chi connectivity index (χ2n) is 5.35. The van der Waals surface area contributed by atoms with Crippen molar-refractivity contribution in [2.45, 2.75) is 58.4 Å². The summed E-state index contributed by atoms with van der Waals surface area (Å²) in [5.74, 6) is 4.05. The third kappa shape index (κ3) is 5.82. The predicted octanol–water partition coefficient (Wildman–Crippen LogP) is 3.67. The molecule has 0 spiro atoms. The maximum absolute atomic E-state index is 6.28. The van der Waals surface area contributed by atoms with Gasteiger partial charge >= 0.3 is 0 Å². The molecule has 1 aliphatic carbocycles. The van der Waals surface area contributed by atoms with E-state index in [9.17, 15) is 0 Å². The van der Waals surface area contributed by atoms with Crippen LogP contribution in [-0.2, 0) is 0 Å². The third-order valence-corrected chi connectivity index (χ3v) is 4.79. The van der Waals surface area contributed by atoms with Gasteiger partial charge in [0, 0.05) is 11.8 Å². The van der Waals surface area contributed by atoms with E-state index in [1.807, 2.05) is 11.8 Å². The van der Waals surface area contributed by atoms with Crippen molar-refractivity contribution in [3.05, 3.63) is 0 Å². The fraction of sp³-hybridized carbons (Fsp3) is 1.00. The van der Waals surface area contributed by atoms with Gasteiger partial charge in [-0.2, -0.15) is 11.8 Å². The molecule has 0 heterocycles. The van der Waals surface area contributed by atoms with Gasteiger partial charge in [-0.25, -0.2) is 0 Å². The van der Waals surface area contributed by atoms with Gasteiger partial charge in [0.2, 0.25) is 0 Å². The molecule has 0 aromatic heterocycles. The van der Waals surface area contributed by atoms with Crippen LogP contribution in [0.4, 0.5) is 0 Å². The molecule has 1 aliphatic rings. The van der Waals surface area contributed by atoms with E-state index in [0.29, 0.717) is 6.04 Å². The summed E-state index contributed by atoms with van der Waals surface area (Å²) in [5.41, 5.74) is 6.28. The van der Waals surface area contributed by atoms with E-state index in [4.69, 9.17) is 5.73 Å². The molecule has 1 nitrogen and oxygen atoms in total. The first-order valence-corrected chi connectivity index (χ1v) is 7.69. The topological polar surface area (TPSA) is 26.0 Å². The molecule has 1 unspecified atom stereocenters. The molecule has 0 aromatic carbocycles. The van der Waals surface area contributed by atoms with E-state index < -0.39 is 0 Å².